The number of rotatable bonds is 37. The van der Waals surface area contributed by atoms with Crippen molar-refractivity contribution in [3.8, 4) is 0 Å². The first-order valence-electron chi connectivity index (χ1n) is 22.2. The molecule has 0 aliphatic carbocycles. The van der Waals surface area contributed by atoms with Gasteiger partial charge in [0.05, 0.1) is 59.7 Å². The van der Waals surface area contributed by atoms with Crippen molar-refractivity contribution < 1.29 is 79.4 Å². The Kier molecular flexibility index (Phi) is 27.1. The number of phosphoric acid groups is 1. The average molecular weight is 917 g/mol. The molecule has 20 heteroatoms. The van der Waals surface area contributed by atoms with Crippen LogP contribution in [-0.2, 0) is 57.2 Å². The minimum Gasteiger partial charge on any atom is -0.756 e. The average Bonchev–Trinajstić information content (AvgIpc) is 3.47. The van der Waals surface area contributed by atoms with Gasteiger partial charge in [-0.1, -0.05) is 83.1 Å². The minimum atomic E-state index is -4.61. The number of allylic oxidation sites excluding steroid dienone is 1. The molecule has 2 rings (SSSR count). The zero-order valence-corrected chi connectivity index (χ0v) is 38.8. The molecule has 7 atom stereocenters. The maximum absolute atomic E-state index is 12.2. The normalized spacial score (nSPS) is 22.6. The largest absolute Gasteiger partial charge is 0.756 e. The molecule has 2 aliphatic rings. The lowest BCUT2D eigenvalue weighted by atomic mass is 9.94. The summed E-state index contributed by atoms with van der Waals surface area (Å²) in [5.41, 5.74) is 0. The number of aliphatic hydroxyl groups excluding tert-OH is 2. The van der Waals surface area contributed by atoms with Gasteiger partial charge < -0.3 is 52.3 Å². The van der Waals surface area contributed by atoms with Crippen molar-refractivity contribution in [1.29, 1.82) is 0 Å². The van der Waals surface area contributed by atoms with Gasteiger partial charge in [-0.05, 0) is 38.5 Å². The Bertz CT molecular complexity index is 1420. The van der Waals surface area contributed by atoms with Gasteiger partial charge in [-0.2, -0.15) is 13.1 Å². The van der Waals surface area contributed by atoms with Gasteiger partial charge in [0.25, 0.3) is 7.82 Å². The molecule has 61 heavy (non-hydrogen) atoms. The van der Waals surface area contributed by atoms with Crippen molar-refractivity contribution >= 4 is 30.1 Å². The van der Waals surface area contributed by atoms with Gasteiger partial charge in [-0.3, -0.25) is 13.9 Å². The first-order valence-corrected chi connectivity index (χ1v) is 25.1. The molecule has 2 saturated heterocycles. The van der Waals surface area contributed by atoms with Crippen LogP contribution in [0.15, 0.2) is 12.2 Å². The molecule has 0 radical (unpaired) electrons. The molecule has 2 fully saturated rings. The molecular formula is C41H77N2O16PS. The van der Waals surface area contributed by atoms with Crippen LogP contribution in [0, 0.1) is 0 Å². The first kappa shape index (κ1) is 55.6. The van der Waals surface area contributed by atoms with E-state index in [1.54, 1.807) is 6.08 Å². The van der Waals surface area contributed by atoms with Crippen LogP contribution in [0.3, 0.4) is 0 Å². The van der Waals surface area contributed by atoms with Crippen molar-refractivity contribution in [2.45, 2.75) is 172 Å². The number of carbonyl (C=O) groups is 2. The maximum atomic E-state index is 12.2. The summed E-state index contributed by atoms with van der Waals surface area (Å²) in [4.78, 5) is 36.1. The second kappa shape index (κ2) is 29.8. The Morgan fingerprint density at radius 2 is 1.51 bits per heavy atom. The Hall–Kier alpha value is -1.58. The summed E-state index contributed by atoms with van der Waals surface area (Å²) >= 11 is 0. The number of quaternary nitrogens is 1. The predicted molar refractivity (Wildman–Crippen MR) is 225 cm³/mol. The third-order valence-corrected chi connectivity index (χ3v) is 12.2. The number of unbranched alkanes of at least 4 members (excludes halogenated alkanes) is 14. The smallest absolute Gasteiger partial charge is 0.333 e. The van der Waals surface area contributed by atoms with Crippen molar-refractivity contribution in [1.82, 2.24) is 4.72 Å². The van der Waals surface area contributed by atoms with Gasteiger partial charge in [0, 0.05) is 32.4 Å². The van der Waals surface area contributed by atoms with Crippen molar-refractivity contribution in [2.24, 2.45) is 0 Å². The molecule has 0 amide bonds. The van der Waals surface area contributed by atoms with Gasteiger partial charge >= 0.3 is 22.2 Å². The quantitative estimate of drug-likeness (QED) is 0.0165. The van der Waals surface area contributed by atoms with E-state index in [-0.39, 0.29) is 37.5 Å². The zero-order valence-electron chi connectivity index (χ0n) is 37.1. The molecule has 4 N–H and O–H groups in total. The van der Waals surface area contributed by atoms with Crippen LogP contribution in [0.2, 0.25) is 0 Å². The van der Waals surface area contributed by atoms with E-state index in [0.717, 1.165) is 70.6 Å². The summed E-state index contributed by atoms with van der Waals surface area (Å²) in [6, 6.07) is -0.854. The van der Waals surface area contributed by atoms with Crippen molar-refractivity contribution in [2.75, 3.05) is 67.3 Å². The highest BCUT2D eigenvalue weighted by atomic mass is 32.2. The van der Waals surface area contributed by atoms with E-state index in [1.165, 1.54) is 51.5 Å². The Morgan fingerprint density at radius 1 is 0.885 bits per heavy atom. The lowest BCUT2D eigenvalue weighted by molar-refractivity contribution is -0.870. The minimum absolute atomic E-state index is 0.00915. The lowest BCUT2D eigenvalue weighted by Crippen LogP contribution is -2.43. The third kappa shape index (κ3) is 26.7. The Labute approximate surface area is 364 Å². The summed E-state index contributed by atoms with van der Waals surface area (Å²) < 4.78 is 83.8. The standard InChI is InChI=1S/C41H77N2O16PS/c1-34(46)56-37-24-26-41(25-20-16-11-9-7-5-6-8-10-12-17-21-28-53-32-35(30-44)42-61(50,51)52)58-38(40(37)59-41)22-18-14-13-15-19-23-39(47)57-36(31-45)33-55-60(48,49)54-29-27-43(2,3)4/h19,23,35-38,40,42,44-45H,5-18,20-22,24-33H2,1-4H3,(H-,48,49,50,51,52)/b23-19+/t35-,36+,37+,38+,40+,41-/m0/s1. The van der Waals surface area contributed by atoms with E-state index >= 15 is 0 Å². The highest BCUT2D eigenvalue weighted by molar-refractivity contribution is 7.83. The number of aliphatic hydroxyl groups is 2. The van der Waals surface area contributed by atoms with E-state index in [0.29, 0.717) is 36.9 Å². The number of fused-ring (bicyclic) bond motifs is 2. The fourth-order valence-electron chi connectivity index (χ4n) is 7.32. The number of esters is 2. The number of hydrogen-bond acceptors (Lipinski definition) is 15. The number of hydrogen-bond donors (Lipinski definition) is 4. The zero-order chi connectivity index (χ0) is 45.2. The highest BCUT2D eigenvalue weighted by Gasteiger charge is 2.54. The molecule has 2 aliphatic heterocycles. The summed E-state index contributed by atoms with van der Waals surface area (Å²) in [6.07, 6.45) is 20.6. The van der Waals surface area contributed by atoms with Gasteiger partial charge in [0.2, 0.25) is 0 Å². The number of phosphoric ester groups is 1. The Morgan fingerprint density at radius 3 is 2.10 bits per heavy atom. The van der Waals surface area contributed by atoms with Crippen LogP contribution in [0.4, 0.5) is 0 Å². The number of likely N-dealkylation sites (N-methyl/N-ethyl adjacent to an activating group) is 1. The van der Waals surface area contributed by atoms with Crippen molar-refractivity contribution in [3.05, 3.63) is 12.2 Å². The third-order valence-electron chi connectivity index (χ3n) is 10.6. The molecule has 358 valence electrons. The van der Waals surface area contributed by atoms with Gasteiger partial charge in [0.1, 0.15) is 31.5 Å². The molecule has 2 heterocycles. The van der Waals surface area contributed by atoms with E-state index < -0.39 is 61.8 Å². The van der Waals surface area contributed by atoms with Crippen LogP contribution in [0.25, 0.3) is 0 Å². The van der Waals surface area contributed by atoms with Crippen LogP contribution >= 0.6 is 7.82 Å². The number of ether oxygens (including phenoxy) is 5. The van der Waals surface area contributed by atoms with E-state index in [9.17, 15) is 32.6 Å². The monoisotopic (exact) mass is 916 g/mol. The molecule has 2 bridgehead atoms. The molecule has 1 unspecified atom stereocenters. The van der Waals surface area contributed by atoms with Gasteiger partial charge in [0.15, 0.2) is 5.79 Å². The molecule has 18 nitrogen and oxygen atoms in total. The van der Waals surface area contributed by atoms with Crippen LogP contribution in [0.1, 0.15) is 135 Å². The molecule has 0 aromatic heterocycles. The second-order valence-electron chi connectivity index (χ2n) is 17.2. The maximum Gasteiger partial charge on any atom is 0.333 e. The fourth-order valence-corrected chi connectivity index (χ4v) is 8.61. The SMILES string of the molecule is CC(=O)O[C@@H]1CC[C@]2(CCCCCCCCCCCCCCOC[C@H](CO)NS(=O)(=O)O)O[C@H]1[C@@H](CCCCC/C=C/C(=O)O[C@H](CO)COP(=O)([O-])OCC[N+](C)(C)C)O2. The van der Waals surface area contributed by atoms with Crippen LogP contribution < -0.4 is 9.62 Å². The number of nitrogens with zero attached hydrogens (tertiary/aromatic N) is 1. The highest BCUT2D eigenvalue weighted by Crippen LogP contribution is 2.45. The summed E-state index contributed by atoms with van der Waals surface area (Å²) in [5.74, 6) is -1.67. The lowest BCUT2D eigenvalue weighted by Gasteiger charge is -2.35. The topological polar surface area (TPSA) is 246 Å². The van der Waals surface area contributed by atoms with Crippen LogP contribution in [-0.4, -0.2) is 143 Å². The van der Waals surface area contributed by atoms with E-state index in [2.05, 4.69) is 0 Å². The molecular weight excluding hydrogens is 839 g/mol. The Balaban J connectivity index is 1.57. The van der Waals surface area contributed by atoms with Gasteiger partial charge in [-0.25, -0.2) is 4.79 Å². The molecule has 0 aromatic carbocycles. The molecule has 0 spiro atoms. The summed E-state index contributed by atoms with van der Waals surface area (Å²) in [7, 11) is -3.31. The fraction of sp³-hybridized carbons (Fsp3) is 0.902. The predicted octanol–water partition coefficient (Wildman–Crippen LogP) is 4.65. The summed E-state index contributed by atoms with van der Waals surface area (Å²) in [6.45, 7) is 0.667. The molecule has 0 saturated carbocycles. The first-order chi connectivity index (χ1) is 28.9. The van der Waals surface area contributed by atoms with Gasteiger partial charge in [-0.15, -0.1) is 0 Å². The van der Waals surface area contributed by atoms with Crippen molar-refractivity contribution in [3.63, 3.8) is 0 Å². The van der Waals surface area contributed by atoms with Crippen LogP contribution in [0.5, 0.6) is 0 Å². The van der Waals surface area contributed by atoms with E-state index in [4.69, 9.17) is 42.4 Å². The molecule has 0 aromatic rings. The van der Waals surface area contributed by atoms with E-state index in [1.807, 2.05) is 25.9 Å². The second-order valence-corrected chi connectivity index (χ2v) is 19.8. The summed E-state index contributed by atoms with van der Waals surface area (Å²) in [5, 5.41) is 18.7. The number of nitrogens with one attached hydrogen (secondary N) is 1. The number of carbonyl (C=O) groups excluding carboxylic acids is 2.